The van der Waals surface area contributed by atoms with Crippen LogP contribution in [0.3, 0.4) is 0 Å². The van der Waals surface area contributed by atoms with Crippen LogP contribution < -0.4 is 5.32 Å². The van der Waals surface area contributed by atoms with E-state index in [0.717, 1.165) is 22.5 Å². The van der Waals surface area contributed by atoms with Crippen LogP contribution >= 0.6 is 46.1 Å². The molecule has 1 aromatic carbocycles. The molecule has 0 aliphatic carbocycles. The number of aromatic carboxylic acids is 1. The molecule has 0 aliphatic heterocycles. The lowest BCUT2D eigenvalue weighted by atomic mass is 10.0. The molecule has 8 heteroatoms. The second-order valence-corrected chi connectivity index (χ2v) is 7.64. The number of carboxylic acids is 1. The Bertz CT molecular complexity index is 720. The summed E-state index contributed by atoms with van der Waals surface area (Å²) in [5.74, 6) is -2.08. The molecule has 2 aromatic rings. The van der Waals surface area contributed by atoms with Crippen LogP contribution in [-0.2, 0) is 4.79 Å². The maximum Gasteiger partial charge on any atom is 0.339 e. The molecule has 0 atom stereocenters. The number of carboxylic acid groups (broad SMARTS) is 1. The number of carbonyl (C=O) groups excluding carboxylic acids is 1. The lowest BCUT2D eigenvalue weighted by Crippen LogP contribution is -2.27. The first-order chi connectivity index (χ1) is 10.2. The fraction of sp³-hybridized carbons (Fsp3) is 0.143. The quantitative estimate of drug-likeness (QED) is 0.759. The molecule has 4 nitrogen and oxygen atoms in total. The van der Waals surface area contributed by atoms with Gasteiger partial charge in [-0.1, -0.05) is 64.6 Å². The third kappa shape index (κ3) is 3.73. The predicted octanol–water partition coefficient (Wildman–Crippen LogP) is 4.73. The van der Waals surface area contributed by atoms with Gasteiger partial charge in [-0.3, -0.25) is 4.79 Å². The third-order valence-corrected chi connectivity index (χ3v) is 4.26. The van der Waals surface area contributed by atoms with Gasteiger partial charge in [0.1, 0.15) is 10.6 Å². The van der Waals surface area contributed by atoms with Gasteiger partial charge in [-0.05, 0) is 12.5 Å². The second-order valence-electron chi connectivity index (χ2n) is 4.48. The van der Waals surface area contributed by atoms with Crippen molar-refractivity contribution >= 4 is 63.0 Å². The van der Waals surface area contributed by atoms with E-state index in [1.165, 1.54) is 0 Å². The number of anilines is 1. The molecule has 1 heterocycles. The van der Waals surface area contributed by atoms with Gasteiger partial charge < -0.3 is 10.4 Å². The molecule has 1 aromatic heterocycles. The SMILES string of the molecule is Cc1ccc(-c2csc(NC(=O)C(Cl)(Cl)Cl)c2C(=O)O)cc1. The summed E-state index contributed by atoms with van der Waals surface area (Å²) in [6.07, 6.45) is 0. The number of hydrogen-bond donors (Lipinski definition) is 2. The van der Waals surface area contributed by atoms with Gasteiger partial charge in [-0.25, -0.2) is 4.79 Å². The Labute approximate surface area is 145 Å². The zero-order valence-electron chi connectivity index (χ0n) is 11.2. The van der Waals surface area contributed by atoms with Gasteiger partial charge in [0.15, 0.2) is 0 Å². The monoisotopic (exact) mass is 377 g/mol. The molecule has 0 fully saturated rings. The van der Waals surface area contributed by atoms with Crippen LogP contribution in [0, 0.1) is 6.92 Å². The average Bonchev–Trinajstić information content (AvgIpc) is 2.82. The van der Waals surface area contributed by atoms with Crippen molar-refractivity contribution in [3.8, 4) is 11.1 Å². The van der Waals surface area contributed by atoms with Crippen LogP contribution in [0.2, 0.25) is 0 Å². The van der Waals surface area contributed by atoms with E-state index in [1.807, 2.05) is 31.2 Å². The molecular weight excluding hydrogens is 369 g/mol. The lowest BCUT2D eigenvalue weighted by molar-refractivity contribution is -0.115. The van der Waals surface area contributed by atoms with Crippen molar-refractivity contribution in [3.63, 3.8) is 0 Å². The lowest BCUT2D eigenvalue weighted by Gasteiger charge is -2.11. The fourth-order valence-corrected chi connectivity index (χ4v) is 2.88. The molecular formula is C14H10Cl3NO3S. The first-order valence-electron chi connectivity index (χ1n) is 6.00. The summed E-state index contributed by atoms with van der Waals surface area (Å²) in [5.41, 5.74) is 2.25. The number of amides is 1. The largest absolute Gasteiger partial charge is 0.478 e. The van der Waals surface area contributed by atoms with Crippen molar-refractivity contribution < 1.29 is 14.7 Å². The molecule has 0 unspecified atom stereocenters. The fourth-order valence-electron chi connectivity index (χ4n) is 1.78. The van der Waals surface area contributed by atoms with E-state index in [0.29, 0.717) is 5.56 Å². The van der Waals surface area contributed by atoms with Crippen LogP contribution in [0.5, 0.6) is 0 Å². The third-order valence-electron chi connectivity index (χ3n) is 2.85. The Morgan fingerprint density at radius 3 is 2.27 bits per heavy atom. The summed E-state index contributed by atoms with van der Waals surface area (Å²) >= 11 is 17.5. The van der Waals surface area contributed by atoms with Crippen molar-refractivity contribution in [1.29, 1.82) is 0 Å². The van der Waals surface area contributed by atoms with Crippen LogP contribution in [0.1, 0.15) is 15.9 Å². The summed E-state index contributed by atoms with van der Waals surface area (Å²) in [6.45, 7) is 1.93. The van der Waals surface area contributed by atoms with Crippen LogP contribution in [0.25, 0.3) is 11.1 Å². The smallest absolute Gasteiger partial charge is 0.339 e. The Morgan fingerprint density at radius 1 is 1.18 bits per heavy atom. The number of carbonyl (C=O) groups is 2. The highest BCUT2D eigenvalue weighted by Gasteiger charge is 2.32. The number of rotatable bonds is 3. The summed E-state index contributed by atoms with van der Waals surface area (Å²) in [7, 11) is 0. The number of aryl methyl sites for hydroxylation is 1. The molecule has 22 heavy (non-hydrogen) atoms. The van der Waals surface area contributed by atoms with Crippen LogP contribution in [0.15, 0.2) is 29.6 Å². The van der Waals surface area contributed by atoms with Gasteiger partial charge in [-0.15, -0.1) is 11.3 Å². The highest BCUT2D eigenvalue weighted by molar-refractivity contribution is 7.15. The van der Waals surface area contributed by atoms with Crippen molar-refractivity contribution in [2.24, 2.45) is 0 Å². The van der Waals surface area contributed by atoms with Gasteiger partial charge in [0.25, 0.3) is 9.70 Å². The van der Waals surface area contributed by atoms with Crippen LogP contribution in [0.4, 0.5) is 5.00 Å². The first kappa shape index (κ1) is 17.1. The van der Waals surface area contributed by atoms with E-state index in [-0.39, 0.29) is 10.6 Å². The van der Waals surface area contributed by atoms with E-state index < -0.39 is 15.7 Å². The van der Waals surface area contributed by atoms with Gasteiger partial charge in [0.2, 0.25) is 0 Å². The molecule has 0 radical (unpaired) electrons. The number of alkyl halides is 3. The maximum atomic E-state index is 11.7. The van der Waals surface area contributed by atoms with Crippen molar-refractivity contribution in [2.75, 3.05) is 5.32 Å². The number of thiophene rings is 1. The van der Waals surface area contributed by atoms with Gasteiger partial charge in [0, 0.05) is 10.9 Å². The summed E-state index contributed by atoms with van der Waals surface area (Å²) < 4.78 is -2.16. The molecule has 1 amide bonds. The highest BCUT2D eigenvalue weighted by Crippen LogP contribution is 2.37. The minimum Gasteiger partial charge on any atom is -0.478 e. The number of halogens is 3. The van der Waals surface area contributed by atoms with E-state index >= 15 is 0 Å². The molecule has 0 saturated carbocycles. The van der Waals surface area contributed by atoms with Gasteiger partial charge >= 0.3 is 5.97 Å². The van der Waals surface area contributed by atoms with Crippen molar-refractivity contribution in [3.05, 3.63) is 40.8 Å². The van der Waals surface area contributed by atoms with Gasteiger partial charge in [0.05, 0.1) is 0 Å². The molecule has 2 N–H and O–H groups in total. The zero-order valence-corrected chi connectivity index (χ0v) is 14.3. The molecule has 0 spiro atoms. The van der Waals surface area contributed by atoms with Crippen molar-refractivity contribution in [1.82, 2.24) is 0 Å². The van der Waals surface area contributed by atoms with Gasteiger partial charge in [-0.2, -0.15) is 0 Å². The first-order valence-corrected chi connectivity index (χ1v) is 8.01. The van der Waals surface area contributed by atoms with Crippen molar-refractivity contribution in [2.45, 2.75) is 10.7 Å². The molecule has 116 valence electrons. The Hall–Kier alpha value is -1.27. The molecule has 0 aliphatic rings. The summed E-state index contributed by atoms with van der Waals surface area (Å²) in [4.78, 5) is 23.2. The van der Waals surface area contributed by atoms with E-state index in [9.17, 15) is 14.7 Å². The van der Waals surface area contributed by atoms with E-state index in [1.54, 1.807) is 5.38 Å². The minimum atomic E-state index is -2.16. The Kier molecular flexibility index (Phi) is 5.02. The molecule has 2 rings (SSSR count). The Balaban J connectivity index is 2.44. The molecule has 0 bridgehead atoms. The van der Waals surface area contributed by atoms with Crippen LogP contribution in [-0.4, -0.2) is 20.8 Å². The minimum absolute atomic E-state index is 0.0311. The van der Waals surface area contributed by atoms with E-state index in [2.05, 4.69) is 5.32 Å². The van der Waals surface area contributed by atoms with E-state index in [4.69, 9.17) is 34.8 Å². The number of nitrogens with one attached hydrogen (secondary N) is 1. The Morgan fingerprint density at radius 2 is 1.77 bits per heavy atom. The number of hydrogen-bond acceptors (Lipinski definition) is 3. The highest BCUT2D eigenvalue weighted by atomic mass is 35.6. The topological polar surface area (TPSA) is 66.4 Å². The standard InChI is InChI=1S/C14H10Cl3NO3S/c1-7-2-4-8(5-3-7)9-6-22-11(10(9)12(19)20)18-13(21)14(15,16)17/h2-6H,1H3,(H,18,21)(H,19,20). The number of benzene rings is 1. The second kappa shape index (κ2) is 6.46. The normalized spacial score (nSPS) is 11.3. The zero-order chi connectivity index (χ0) is 16.5. The average molecular weight is 379 g/mol. The maximum absolute atomic E-state index is 11.7. The molecule has 0 saturated heterocycles. The summed E-state index contributed by atoms with van der Waals surface area (Å²) in [6, 6.07) is 7.37. The summed E-state index contributed by atoms with van der Waals surface area (Å²) in [5, 5.41) is 13.5. The predicted molar refractivity (Wildman–Crippen MR) is 90.4 cm³/mol.